The minimum absolute atomic E-state index is 0.0849. The number of carbonyl (C=O) groups is 2. The standard InChI is InChI=1S/C16H23N3O6S/c1-11(2)15(20)17-18-16(21)12-4-5-13(24-3)14(10-12)26(22,23)19-6-8-25-9-7-19/h4-5,10-11H,6-9H2,1-3H3,(H,17,20)(H,18,21). The quantitative estimate of drug-likeness (QED) is 0.697. The monoisotopic (exact) mass is 385 g/mol. The summed E-state index contributed by atoms with van der Waals surface area (Å²) in [6.07, 6.45) is 0. The Morgan fingerprint density at radius 1 is 1.19 bits per heavy atom. The van der Waals surface area contributed by atoms with Crippen molar-refractivity contribution >= 4 is 21.8 Å². The first-order chi connectivity index (χ1) is 12.3. The number of rotatable bonds is 5. The Morgan fingerprint density at radius 3 is 2.42 bits per heavy atom. The van der Waals surface area contributed by atoms with E-state index in [0.29, 0.717) is 13.2 Å². The minimum atomic E-state index is -3.84. The summed E-state index contributed by atoms with van der Waals surface area (Å²) in [7, 11) is -2.49. The van der Waals surface area contributed by atoms with Gasteiger partial charge in [-0.15, -0.1) is 0 Å². The fourth-order valence-corrected chi connectivity index (χ4v) is 3.87. The Hall–Kier alpha value is -2.17. The number of amides is 2. The summed E-state index contributed by atoms with van der Waals surface area (Å²) in [6, 6.07) is 4.07. The smallest absolute Gasteiger partial charge is 0.269 e. The van der Waals surface area contributed by atoms with E-state index in [1.54, 1.807) is 13.8 Å². The molecule has 0 unspecified atom stereocenters. The molecule has 2 rings (SSSR count). The van der Waals surface area contributed by atoms with E-state index < -0.39 is 15.9 Å². The SMILES string of the molecule is COc1ccc(C(=O)NNC(=O)C(C)C)cc1S(=O)(=O)N1CCOCC1. The van der Waals surface area contributed by atoms with Gasteiger partial charge in [0.15, 0.2) is 0 Å². The van der Waals surface area contributed by atoms with Crippen LogP contribution in [0.2, 0.25) is 0 Å². The van der Waals surface area contributed by atoms with Crippen molar-refractivity contribution in [3.63, 3.8) is 0 Å². The second-order valence-corrected chi connectivity index (χ2v) is 7.89. The summed E-state index contributed by atoms with van der Waals surface area (Å²) in [5, 5.41) is 0. The Bertz CT molecular complexity index is 772. The van der Waals surface area contributed by atoms with Crippen LogP contribution in [0.25, 0.3) is 0 Å². The van der Waals surface area contributed by atoms with Gasteiger partial charge in [-0.3, -0.25) is 20.4 Å². The summed E-state index contributed by atoms with van der Waals surface area (Å²) in [5.74, 6) is -1.14. The van der Waals surface area contributed by atoms with E-state index in [9.17, 15) is 18.0 Å². The summed E-state index contributed by atoms with van der Waals surface area (Å²) in [5.41, 5.74) is 4.64. The maximum absolute atomic E-state index is 12.9. The molecular formula is C16H23N3O6S. The third-order valence-electron chi connectivity index (χ3n) is 3.84. The molecule has 1 aliphatic heterocycles. The van der Waals surface area contributed by atoms with E-state index in [1.807, 2.05) is 0 Å². The van der Waals surface area contributed by atoms with Gasteiger partial charge < -0.3 is 9.47 Å². The number of morpholine rings is 1. The third kappa shape index (κ3) is 4.51. The van der Waals surface area contributed by atoms with E-state index in [0.717, 1.165) is 0 Å². The summed E-state index contributed by atoms with van der Waals surface area (Å²) in [4.78, 5) is 23.7. The molecule has 1 heterocycles. The second kappa shape index (κ2) is 8.47. The predicted molar refractivity (Wildman–Crippen MR) is 93.0 cm³/mol. The van der Waals surface area contributed by atoms with Gasteiger partial charge >= 0.3 is 0 Å². The molecular weight excluding hydrogens is 362 g/mol. The molecule has 0 aromatic heterocycles. The first-order valence-corrected chi connectivity index (χ1v) is 9.57. The Kier molecular flexibility index (Phi) is 6.57. The van der Waals surface area contributed by atoms with E-state index in [1.165, 1.54) is 29.6 Å². The number of nitrogens with one attached hydrogen (secondary N) is 2. The summed E-state index contributed by atoms with van der Waals surface area (Å²) in [6.45, 7) is 4.44. The molecule has 0 radical (unpaired) electrons. The van der Waals surface area contributed by atoms with Crippen molar-refractivity contribution < 1.29 is 27.5 Å². The average Bonchev–Trinajstić information content (AvgIpc) is 2.65. The highest BCUT2D eigenvalue weighted by Gasteiger charge is 2.30. The fourth-order valence-electron chi connectivity index (χ4n) is 2.28. The Labute approximate surface area is 152 Å². The lowest BCUT2D eigenvalue weighted by Gasteiger charge is -2.26. The van der Waals surface area contributed by atoms with Gasteiger partial charge in [-0.05, 0) is 18.2 Å². The zero-order chi connectivity index (χ0) is 19.3. The number of sulfonamides is 1. The molecule has 0 saturated carbocycles. The highest BCUT2D eigenvalue weighted by Crippen LogP contribution is 2.28. The Balaban J connectivity index is 2.27. The number of hydrazine groups is 1. The molecule has 1 aliphatic rings. The molecule has 26 heavy (non-hydrogen) atoms. The number of methoxy groups -OCH3 is 1. The first-order valence-electron chi connectivity index (χ1n) is 8.13. The van der Waals surface area contributed by atoms with Crippen molar-refractivity contribution in [1.82, 2.24) is 15.2 Å². The van der Waals surface area contributed by atoms with Crippen LogP contribution in [0.5, 0.6) is 5.75 Å². The third-order valence-corrected chi connectivity index (χ3v) is 5.76. The maximum Gasteiger partial charge on any atom is 0.269 e. The van der Waals surface area contributed by atoms with Crippen molar-refractivity contribution in [2.75, 3.05) is 33.4 Å². The molecule has 0 spiro atoms. The Morgan fingerprint density at radius 2 is 1.85 bits per heavy atom. The molecule has 2 amide bonds. The van der Waals surface area contributed by atoms with Crippen molar-refractivity contribution in [1.29, 1.82) is 0 Å². The number of ether oxygens (including phenoxy) is 2. The summed E-state index contributed by atoms with van der Waals surface area (Å²) < 4.78 is 37.4. The predicted octanol–water partition coefficient (Wildman–Crippen LogP) is 0.133. The van der Waals surface area contributed by atoms with Crippen LogP contribution in [0.15, 0.2) is 23.1 Å². The molecule has 1 aromatic rings. The molecule has 2 N–H and O–H groups in total. The van der Waals surface area contributed by atoms with Crippen molar-refractivity contribution in [3.8, 4) is 5.75 Å². The van der Waals surface area contributed by atoms with E-state index in [2.05, 4.69) is 10.9 Å². The van der Waals surface area contributed by atoms with Crippen LogP contribution in [0.4, 0.5) is 0 Å². The van der Waals surface area contributed by atoms with Gasteiger partial charge in [0.25, 0.3) is 5.91 Å². The molecule has 1 saturated heterocycles. The number of benzene rings is 1. The molecule has 0 atom stereocenters. The van der Waals surface area contributed by atoms with Crippen LogP contribution in [0, 0.1) is 5.92 Å². The van der Waals surface area contributed by atoms with Crippen LogP contribution in [-0.2, 0) is 19.6 Å². The van der Waals surface area contributed by atoms with E-state index >= 15 is 0 Å². The topological polar surface area (TPSA) is 114 Å². The molecule has 144 valence electrons. The van der Waals surface area contributed by atoms with E-state index in [4.69, 9.17) is 9.47 Å². The largest absolute Gasteiger partial charge is 0.495 e. The molecule has 0 bridgehead atoms. The van der Waals surface area contributed by atoms with E-state index in [-0.39, 0.29) is 41.1 Å². The van der Waals surface area contributed by atoms with Gasteiger partial charge in [-0.1, -0.05) is 13.8 Å². The number of hydrogen-bond donors (Lipinski definition) is 2. The van der Waals surface area contributed by atoms with Gasteiger partial charge in [0.05, 0.1) is 20.3 Å². The fraction of sp³-hybridized carbons (Fsp3) is 0.500. The molecule has 1 fully saturated rings. The van der Waals surface area contributed by atoms with Crippen LogP contribution < -0.4 is 15.6 Å². The number of nitrogens with zero attached hydrogens (tertiary/aromatic N) is 1. The second-order valence-electron chi connectivity index (χ2n) is 5.98. The van der Waals surface area contributed by atoms with Gasteiger partial charge in [-0.2, -0.15) is 4.31 Å². The number of hydrogen-bond acceptors (Lipinski definition) is 6. The summed E-state index contributed by atoms with van der Waals surface area (Å²) >= 11 is 0. The van der Waals surface area contributed by atoms with Crippen molar-refractivity contribution in [2.45, 2.75) is 18.7 Å². The lowest BCUT2D eigenvalue weighted by molar-refractivity contribution is -0.124. The van der Waals surface area contributed by atoms with Crippen LogP contribution in [-0.4, -0.2) is 58.0 Å². The lowest BCUT2D eigenvalue weighted by atomic mass is 10.2. The maximum atomic E-state index is 12.9. The van der Waals surface area contributed by atoms with Gasteiger partial charge in [0.1, 0.15) is 10.6 Å². The minimum Gasteiger partial charge on any atom is -0.495 e. The lowest BCUT2D eigenvalue weighted by Crippen LogP contribution is -2.43. The van der Waals surface area contributed by atoms with Crippen LogP contribution >= 0.6 is 0 Å². The highest BCUT2D eigenvalue weighted by molar-refractivity contribution is 7.89. The highest BCUT2D eigenvalue weighted by atomic mass is 32.2. The number of carbonyl (C=O) groups excluding carboxylic acids is 2. The normalized spacial score (nSPS) is 15.5. The van der Waals surface area contributed by atoms with Crippen LogP contribution in [0.3, 0.4) is 0 Å². The molecule has 0 aliphatic carbocycles. The zero-order valence-corrected chi connectivity index (χ0v) is 15.8. The van der Waals surface area contributed by atoms with Crippen molar-refractivity contribution in [3.05, 3.63) is 23.8 Å². The van der Waals surface area contributed by atoms with Crippen molar-refractivity contribution in [2.24, 2.45) is 5.92 Å². The van der Waals surface area contributed by atoms with Gasteiger partial charge in [0.2, 0.25) is 15.9 Å². The molecule has 9 nitrogen and oxygen atoms in total. The average molecular weight is 385 g/mol. The zero-order valence-electron chi connectivity index (χ0n) is 14.9. The van der Waals surface area contributed by atoms with Crippen LogP contribution in [0.1, 0.15) is 24.2 Å². The molecule has 1 aromatic carbocycles. The van der Waals surface area contributed by atoms with Gasteiger partial charge in [-0.25, -0.2) is 8.42 Å². The first kappa shape index (κ1) is 20.1. The van der Waals surface area contributed by atoms with Gasteiger partial charge in [0, 0.05) is 24.6 Å². The molecule has 10 heteroatoms.